The van der Waals surface area contributed by atoms with Gasteiger partial charge in [-0.25, -0.2) is 9.78 Å². The first-order valence-electron chi connectivity index (χ1n) is 5.23. The number of aliphatic carboxylic acids is 1. The van der Waals surface area contributed by atoms with Crippen molar-refractivity contribution in [3.63, 3.8) is 0 Å². The molecule has 0 saturated heterocycles. The zero-order chi connectivity index (χ0) is 13.1. The predicted octanol–water partition coefficient (Wildman–Crippen LogP) is 3.45. The third kappa shape index (κ3) is 3.08. The Morgan fingerprint density at radius 3 is 2.89 bits per heavy atom. The Kier molecular flexibility index (Phi) is 3.98. The predicted molar refractivity (Wildman–Crippen MR) is 75.0 cm³/mol. The molecule has 0 aliphatic rings. The summed E-state index contributed by atoms with van der Waals surface area (Å²) in [6.07, 6.45) is 0. The number of aromatic nitrogens is 1. The number of carboxylic acid groups (broad SMARTS) is 1. The molecule has 2 rings (SSSR count). The Morgan fingerprint density at radius 1 is 1.56 bits per heavy atom. The maximum atomic E-state index is 11.3. The van der Waals surface area contributed by atoms with Crippen LogP contribution in [0.15, 0.2) is 34.1 Å². The molecule has 0 amide bonds. The number of aryl methyl sites for hydroxylation is 1. The summed E-state index contributed by atoms with van der Waals surface area (Å²) in [4.78, 5) is 15.5. The molecular formula is C12H11BrN2O2S. The van der Waals surface area contributed by atoms with Gasteiger partial charge in [-0.05, 0) is 25.1 Å². The van der Waals surface area contributed by atoms with E-state index in [2.05, 4.69) is 26.2 Å². The largest absolute Gasteiger partial charge is 0.479 e. The van der Waals surface area contributed by atoms with E-state index in [-0.39, 0.29) is 0 Å². The molecular weight excluding hydrogens is 316 g/mol. The van der Waals surface area contributed by atoms with Crippen LogP contribution in [0.3, 0.4) is 0 Å². The lowest BCUT2D eigenvalue weighted by Gasteiger charge is -2.13. The summed E-state index contributed by atoms with van der Waals surface area (Å²) >= 11 is 4.69. The Bertz CT molecular complexity index is 571. The van der Waals surface area contributed by atoms with Crippen LogP contribution in [0.1, 0.15) is 16.7 Å². The third-order valence-electron chi connectivity index (χ3n) is 2.27. The Balaban J connectivity index is 2.24. The van der Waals surface area contributed by atoms with Crippen molar-refractivity contribution in [2.75, 3.05) is 5.32 Å². The summed E-state index contributed by atoms with van der Waals surface area (Å²) in [5.74, 6) is -0.940. The lowest BCUT2D eigenvalue weighted by molar-refractivity contribution is -0.138. The highest BCUT2D eigenvalue weighted by molar-refractivity contribution is 9.10. The number of hydrogen-bond donors (Lipinski definition) is 2. The first-order chi connectivity index (χ1) is 8.56. The monoisotopic (exact) mass is 326 g/mol. The molecule has 1 heterocycles. The Hall–Kier alpha value is -1.40. The quantitative estimate of drug-likeness (QED) is 0.903. The highest BCUT2D eigenvalue weighted by Gasteiger charge is 2.22. The minimum atomic E-state index is -0.940. The van der Waals surface area contributed by atoms with Gasteiger partial charge in [0.15, 0.2) is 6.04 Å². The molecule has 94 valence electrons. The topological polar surface area (TPSA) is 62.2 Å². The second kappa shape index (κ2) is 5.49. The average molecular weight is 327 g/mol. The third-order valence-corrected chi connectivity index (χ3v) is 3.79. The van der Waals surface area contributed by atoms with Crippen molar-refractivity contribution in [2.24, 2.45) is 0 Å². The van der Waals surface area contributed by atoms with Crippen LogP contribution in [0, 0.1) is 6.92 Å². The van der Waals surface area contributed by atoms with Gasteiger partial charge in [0.05, 0.1) is 0 Å². The van der Waals surface area contributed by atoms with Crippen LogP contribution in [-0.2, 0) is 4.79 Å². The lowest BCUT2D eigenvalue weighted by Crippen LogP contribution is -2.20. The van der Waals surface area contributed by atoms with Crippen molar-refractivity contribution in [3.05, 3.63) is 44.8 Å². The molecule has 0 spiro atoms. The highest BCUT2D eigenvalue weighted by atomic mass is 79.9. The molecule has 4 nitrogen and oxygen atoms in total. The first kappa shape index (κ1) is 13.0. The number of benzene rings is 1. The minimum Gasteiger partial charge on any atom is -0.479 e. The zero-order valence-corrected chi connectivity index (χ0v) is 12.0. The fourth-order valence-electron chi connectivity index (χ4n) is 1.48. The summed E-state index contributed by atoms with van der Waals surface area (Å²) < 4.78 is 0.895. The van der Waals surface area contributed by atoms with Crippen LogP contribution >= 0.6 is 27.3 Å². The summed E-state index contributed by atoms with van der Waals surface area (Å²) in [5, 5.41) is 14.6. The fraction of sp³-hybridized carbons (Fsp3) is 0.167. The second-order valence-corrected chi connectivity index (χ2v) is 5.56. The average Bonchev–Trinajstić information content (AvgIpc) is 2.72. The minimum absolute atomic E-state index is 0.556. The molecule has 6 heteroatoms. The fourth-order valence-corrected chi connectivity index (χ4v) is 2.71. The normalized spacial score (nSPS) is 12.1. The molecule has 18 heavy (non-hydrogen) atoms. The van der Waals surface area contributed by atoms with E-state index in [4.69, 9.17) is 0 Å². The van der Waals surface area contributed by atoms with Crippen LogP contribution < -0.4 is 5.32 Å². The number of nitrogens with zero attached hydrogens (tertiary/aromatic N) is 1. The lowest BCUT2D eigenvalue weighted by atomic mass is 10.2. The van der Waals surface area contributed by atoms with Gasteiger partial charge in [0.1, 0.15) is 5.01 Å². The number of nitrogens with one attached hydrogen (secondary N) is 1. The van der Waals surface area contributed by atoms with Gasteiger partial charge in [-0.2, -0.15) is 0 Å². The van der Waals surface area contributed by atoms with E-state index >= 15 is 0 Å². The molecule has 1 atom stereocenters. The van der Waals surface area contributed by atoms with Crippen LogP contribution in [0.2, 0.25) is 0 Å². The van der Waals surface area contributed by atoms with Crippen molar-refractivity contribution in [2.45, 2.75) is 13.0 Å². The van der Waals surface area contributed by atoms with E-state index in [0.29, 0.717) is 5.01 Å². The molecule has 1 aromatic carbocycles. The molecule has 0 saturated carbocycles. The van der Waals surface area contributed by atoms with E-state index < -0.39 is 12.0 Å². The summed E-state index contributed by atoms with van der Waals surface area (Å²) in [7, 11) is 0. The standard InChI is InChI=1S/C12H11BrN2O2S/c1-7-6-18-11(14-7)10(12(16)17)15-9-4-2-3-8(13)5-9/h2-6,10,15H,1H3,(H,16,17). The molecule has 1 aromatic heterocycles. The molecule has 0 aliphatic carbocycles. The van der Waals surface area contributed by atoms with Gasteiger partial charge >= 0.3 is 5.97 Å². The maximum Gasteiger partial charge on any atom is 0.333 e. The maximum absolute atomic E-state index is 11.3. The van der Waals surface area contributed by atoms with Crippen LogP contribution in [-0.4, -0.2) is 16.1 Å². The van der Waals surface area contributed by atoms with Gasteiger partial charge < -0.3 is 10.4 Å². The van der Waals surface area contributed by atoms with Crippen molar-refractivity contribution in [1.29, 1.82) is 0 Å². The molecule has 0 aliphatic heterocycles. The number of thiazole rings is 1. The number of hydrogen-bond acceptors (Lipinski definition) is 4. The summed E-state index contributed by atoms with van der Waals surface area (Å²) in [6.45, 7) is 1.85. The van der Waals surface area contributed by atoms with E-state index in [1.807, 2.05) is 36.6 Å². The van der Waals surface area contributed by atoms with Gasteiger partial charge in [0, 0.05) is 21.2 Å². The van der Waals surface area contributed by atoms with Gasteiger partial charge in [0.2, 0.25) is 0 Å². The first-order valence-corrected chi connectivity index (χ1v) is 6.90. The number of carbonyl (C=O) groups is 1. The van der Waals surface area contributed by atoms with E-state index in [1.165, 1.54) is 11.3 Å². The van der Waals surface area contributed by atoms with Crippen LogP contribution in [0.25, 0.3) is 0 Å². The van der Waals surface area contributed by atoms with E-state index in [0.717, 1.165) is 15.9 Å². The molecule has 0 fully saturated rings. The Morgan fingerprint density at radius 2 is 2.33 bits per heavy atom. The number of carboxylic acids is 1. The SMILES string of the molecule is Cc1csc(C(Nc2cccc(Br)c2)C(=O)O)n1. The smallest absolute Gasteiger partial charge is 0.333 e. The second-order valence-electron chi connectivity index (χ2n) is 3.75. The summed E-state index contributed by atoms with van der Waals surface area (Å²) in [6, 6.07) is 6.56. The number of halogens is 1. The van der Waals surface area contributed by atoms with Crippen LogP contribution in [0.4, 0.5) is 5.69 Å². The molecule has 2 N–H and O–H groups in total. The zero-order valence-electron chi connectivity index (χ0n) is 9.55. The van der Waals surface area contributed by atoms with Crippen molar-refractivity contribution < 1.29 is 9.90 Å². The van der Waals surface area contributed by atoms with E-state index in [1.54, 1.807) is 0 Å². The van der Waals surface area contributed by atoms with Gasteiger partial charge in [0.25, 0.3) is 0 Å². The van der Waals surface area contributed by atoms with Crippen LogP contribution in [0.5, 0.6) is 0 Å². The summed E-state index contributed by atoms with van der Waals surface area (Å²) in [5.41, 5.74) is 1.57. The highest BCUT2D eigenvalue weighted by Crippen LogP contribution is 2.24. The van der Waals surface area contributed by atoms with Gasteiger partial charge in [-0.1, -0.05) is 22.0 Å². The van der Waals surface area contributed by atoms with Crippen molar-refractivity contribution in [3.8, 4) is 0 Å². The van der Waals surface area contributed by atoms with E-state index in [9.17, 15) is 9.90 Å². The molecule has 2 aromatic rings. The molecule has 1 unspecified atom stereocenters. The Labute approximate surface area is 117 Å². The number of rotatable bonds is 4. The van der Waals surface area contributed by atoms with Gasteiger partial charge in [-0.3, -0.25) is 0 Å². The molecule has 0 bridgehead atoms. The van der Waals surface area contributed by atoms with Crippen molar-refractivity contribution in [1.82, 2.24) is 4.98 Å². The number of anilines is 1. The van der Waals surface area contributed by atoms with Gasteiger partial charge in [-0.15, -0.1) is 11.3 Å². The molecule has 0 radical (unpaired) electrons. The van der Waals surface area contributed by atoms with Crippen molar-refractivity contribution >= 4 is 38.9 Å².